The Kier molecular flexibility index (Phi) is 2.91. The molecule has 1 aliphatic rings. The second kappa shape index (κ2) is 3.95. The Hall–Kier alpha value is -1.25. The van der Waals surface area contributed by atoms with Gasteiger partial charge in [-0.25, -0.2) is 4.79 Å². The summed E-state index contributed by atoms with van der Waals surface area (Å²) >= 11 is 0. The van der Waals surface area contributed by atoms with Gasteiger partial charge in [-0.05, 0) is 6.92 Å². The van der Waals surface area contributed by atoms with Crippen molar-refractivity contribution >= 4 is 5.97 Å². The number of allylic oxidation sites excluding steroid dienone is 2. The minimum atomic E-state index is -0.345. The molecule has 1 rings (SSSR count). The number of ether oxygens (including phenoxy) is 2. The molecule has 0 atom stereocenters. The highest BCUT2D eigenvalue weighted by atomic mass is 16.5. The molecule has 3 heteroatoms. The van der Waals surface area contributed by atoms with Gasteiger partial charge in [0.2, 0.25) is 0 Å². The van der Waals surface area contributed by atoms with E-state index in [1.165, 1.54) is 6.08 Å². The van der Waals surface area contributed by atoms with Gasteiger partial charge >= 0.3 is 5.97 Å². The van der Waals surface area contributed by atoms with Crippen LogP contribution in [0, 0.1) is 0 Å². The maximum atomic E-state index is 10.9. The van der Waals surface area contributed by atoms with E-state index in [0.29, 0.717) is 18.1 Å². The third kappa shape index (κ3) is 2.42. The maximum absolute atomic E-state index is 10.9. The van der Waals surface area contributed by atoms with Gasteiger partial charge in [-0.15, -0.1) is 0 Å². The Balaban J connectivity index is 2.46. The van der Waals surface area contributed by atoms with Crippen LogP contribution in [0.4, 0.5) is 0 Å². The van der Waals surface area contributed by atoms with E-state index in [-0.39, 0.29) is 5.97 Å². The molecule has 66 valence electrons. The first-order valence-corrected chi connectivity index (χ1v) is 3.95. The molecule has 0 saturated carbocycles. The van der Waals surface area contributed by atoms with Crippen molar-refractivity contribution in [1.29, 1.82) is 0 Å². The summed E-state index contributed by atoms with van der Waals surface area (Å²) in [6.45, 7) is 5.80. The topological polar surface area (TPSA) is 35.5 Å². The SMILES string of the molecule is C=C1CC/C(=C/C(=O)OCC)O1. The standard InChI is InChI=1S/C9H12O3/c1-3-11-9(10)6-8-5-4-7(2)12-8/h6H,2-5H2,1H3/b8-6-. The molecule has 1 heterocycles. The predicted molar refractivity (Wildman–Crippen MR) is 44.2 cm³/mol. The molecule has 1 fully saturated rings. The minimum Gasteiger partial charge on any atom is -0.466 e. The minimum absolute atomic E-state index is 0.345. The number of hydrogen-bond acceptors (Lipinski definition) is 3. The lowest BCUT2D eigenvalue weighted by molar-refractivity contribution is -0.137. The van der Waals surface area contributed by atoms with Gasteiger partial charge in [0.25, 0.3) is 0 Å². The molecule has 0 radical (unpaired) electrons. The summed E-state index contributed by atoms with van der Waals surface area (Å²) in [6, 6.07) is 0. The van der Waals surface area contributed by atoms with Crippen LogP contribution >= 0.6 is 0 Å². The van der Waals surface area contributed by atoms with Crippen molar-refractivity contribution in [1.82, 2.24) is 0 Å². The van der Waals surface area contributed by atoms with E-state index in [0.717, 1.165) is 12.8 Å². The lowest BCUT2D eigenvalue weighted by Gasteiger charge is -1.98. The van der Waals surface area contributed by atoms with Crippen LogP contribution in [0.5, 0.6) is 0 Å². The highest BCUT2D eigenvalue weighted by Gasteiger charge is 2.13. The van der Waals surface area contributed by atoms with Crippen molar-refractivity contribution < 1.29 is 14.3 Å². The smallest absolute Gasteiger partial charge is 0.334 e. The Bertz CT molecular complexity index is 228. The molecule has 1 aliphatic heterocycles. The van der Waals surface area contributed by atoms with Gasteiger partial charge in [-0.2, -0.15) is 0 Å². The summed E-state index contributed by atoms with van der Waals surface area (Å²) in [5.41, 5.74) is 0. The van der Waals surface area contributed by atoms with Gasteiger partial charge in [0.15, 0.2) is 0 Å². The van der Waals surface area contributed by atoms with Crippen molar-refractivity contribution in [2.75, 3.05) is 6.61 Å². The van der Waals surface area contributed by atoms with Crippen LogP contribution in [0.15, 0.2) is 24.2 Å². The van der Waals surface area contributed by atoms with Gasteiger partial charge < -0.3 is 9.47 Å². The van der Waals surface area contributed by atoms with Gasteiger partial charge in [-0.1, -0.05) is 6.58 Å². The number of hydrogen-bond donors (Lipinski definition) is 0. The summed E-state index contributed by atoms with van der Waals surface area (Å²) < 4.78 is 9.86. The number of carbonyl (C=O) groups is 1. The molecule has 1 saturated heterocycles. The van der Waals surface area contributed by atoms with Gasteiger partial charge in [-0.3, -0.25) is 0 Å². The summed E-state index contributed by atoms with van der Waals surface area (Å²) in [5, 5.41) is 0. The van der Waals surface area contributed by atoms with E-state index >= 15 is 0 Å². The fourth-order valence-electron chi connectivity index (χ4n) is 0.967. The first-order valence-electron chi connectivity index (χ1n) is 3.95. The molecule has 0 bridgehead atoms. The zero-order valence-electron chi connectivity index (χ0n) is 7.13. The molecule has 12 heavy (non-hydrogen) atoms. The molecule has 0 aromatic carbocycles. The summed E-state index contributed by atoms with van der Waals surface area (Å²) in [6.07, 6.45) is 2.92. The Morgan fingerprint density at radius 2 is 2.50 bits per heavy atom. The van der Waals surface area contributed by atoms with Crippen LogP contribution < -0.4 is 0 Å². The van der Waals surface area contributed by atoms with E-state index in [9.17, 15) is 4.79 Å². The monoisotopic (exact) mass is 168 g/mol. The normalized spacial score (nSPS) is 19.4. The fraction of sp³-hybridized carbons (Fsp3) is 0.444. The average Bonchev–Trinajstić information content (AvgIpc) is 2.36. The van der Waals surface area contributed by atoms with Crippen LogP contribution in [0.2, 0.25) is 0 Å². The molecule has 0 N–H and O–H groups in total. The van der Waals surface area contributed by atoms with Gasteiger partial charge in [0.1, 0.15) is 5.76 Å². The molecule has 0 aromatic heterocycles. The molecule has 0 aromatic rings. The zero-order chi connectivity index (χ0) is 8.97. The predicted octanol–water partition coefficient (Wildman–Crippen LogP) is 1.76. The van der Waals surface area contributed by atoms with Crippen LogP contribution in [-0.2, 0) is 14.3 Å². The van der Waals surface area contributed by atoms with Crippen molar-refractivity contribution in [2.24, 2.45) is 0 Å². The highest BCUT2D eigenvalue weighted by Crippen LogP contribution is 2.24. The van der Waals surface area contributed by atoms with Crippen molar-refractivity contribution in [3.63, 3.8) is 0 Å². The van der Waals surface area contributed by atoms with E-state index in [4.69, 9.17) is 9.47 Å². The molecule has 0 aliphatic carbocycles. The fourth-order valence-corrected chi connectivity index (χ4v) is 0.967. The second-order valence-corrected chi connectivity index (χ2v) is 2.50. The lowest BCUT2D eigenvalue weighted by Crippen LogP contribution is -2.00. The molecule has 0 spiro atoms. The molecule has 3 nitrogen and oxygen atoms in total. The van der Waals surface area contributed by atoms with Crippen LogP contribution in [0.3, 0.4) is 0 Å². The summed E-state index contributed by atoms with van der Waals surface area (Å²) in [4.78, 5) is 10.9. The first kappa shape index (κ1) is 8.84. The highest BCUT2D eigenvalue weighted by molar-refractivity contribution is 5.82. The third-order valence-electron chi connectivity index (χ3n) is 1.49. The van der Waals surface area contributed by atoms with Crippen molar-refractivity contribution in [3.8, 4) is 0 Å². The zero-order valence-corrected chi connectivity index (χ0v) is 7.13. The first-order chi connectivity index (χ1) is 5.72. The van der Waals surface area contributed by atoms with Crippen molar-refractivity contribution in [3.05, 3.63) is 24.2 Å². The van der Waals surface area contributed by atoms with E-state index in [2.05, 4.69) is 6.58 Å². The average molecular weight is 168 g/mol. The van der Waals surface area contributed by atoms with Gasteiger partial charge in [0, 0.05) is 12.8 Å². The molecule has 0 amide bonds. The number of carbonyl (C=O) groups excluding carboxylic acids is 1. The Morgan fingerprint density at radius 3 is 3.00 bits per heavy atom. The van der Waals surface area contributed by atoms with E-state index in [1.54, 1.807) is 6.92 Å². The van der Waals surface area contributed by atoms with Crippen molar-refractivity contribution in [2.45, 2.75) is 19.8 Å². The molecular weight excluding hydrogens is 156 g/mol. The lowest BCUT2D eigenvalue weighted by atomic mass is 10.3. The Morgan fingerprint density at radius 1 is 1.75 bits per heavy atom. The quantitative estimate of drug-likeness (QED) is 0.465. The second-order valence-electron chi connectivity index (χ2n) is 2.50. The van der Waals surface area contributed by atoms with E-state index in [1.807, 2.05) is 0 Å². The number of esters is 1. The summed E-state index contributed by atoms with van der Waals surface area (Å²) in [7, 11) is 0. The van der Waals surface area contributed by atoms with Gasteiger partial charge in [0.05, 0.1) is 18.4 Å². The van der Waals surface area contributed by atoms with E-state index < -0.39 is 0 Å². The van der Waals surface area contributed by atoms with Crippen LogP contribution in [0.1, 0.15) is 19.8 Å². The number of rotatable bonds is 2. The van der Waals surface area contributed by atoms with Crippen LogP contribution in [0.25, 0.3) is 0 Å². The molecule has 0 unspecified atom stereocenters. The maximum Gasteiger partial charge on any atom is 0.334 e. The third-order valence-corrected chi connectivity index (χ3v) is 1.49. The molecular formula is C9H12O3. The largest absolute Gasteiger partial charge is 0.466 e. The summed E-state index contributed by atoms with van der Waals surface area (Å²) in [5.74, 6) is 1.02. The van der Waals surface area contributed by atoms with Crippen LogP contribution in [-0.4, -0.2) is 12.6 Å². The Labute approximate surface area is 71.7 Å².